The molecule has 0 saturated heterocycles. The maximum absolute atomic E-state index is 6.15. The van der Waals surface area contributed by atoms with Crippen LogP contribution >= 0.6 is 0 Å². The molecule has 2 aromatic rings. The third-order valence-electron chi connectivity index (χ3n) is 4.63. The van der Waals surface area contributed by atoms with E-state index in [2.05, 4.69) is 41.8 Å². The van der Waals surface area contributed by atoms with Crippen LogP contribution in [0.3, 0.4) is 0 Å². The van der Waals surface area contributed by atoms with Crippen molar-refractivity contribution in [2.75, 3.05) is 12.3 Å². The Kier molecular flexibility index (Phi) is 10.9. The lowest BCUT2D eigenvalue weighted by Crippen LogP contribution is -2.38. The zero-order chi connectivity index (χ0) is 18.5. The third kappa shape index (κ3) is 7.03. The standard InChI is InChI=1S/C20H31N3.C2H6/c1-17-16-19(22)18-12-8-9-13-20(18)23(17)15-11-7-5-3-2-4-6-10-14-21;1-2/h8-9,12-13,16,22H,2-7,10-11,14-15,21H2,1H3;1-2H3/p+1. The molecule has 3 nitrogen and oxygen atoms in total. The summed E-state index contributed by atoms with van der Waals surface area (Å²) in [6.45, 7) is 8.08. The highest BCUT2D eigenvalue weighted by Crippen LogP contribution is 2.19. The quantitative estimate of drug-likeness (QED) is 0.464. The van der Waals surface area contributed by atoms with Crippen molar-refractivity contribution in [3.05, 3.63) is 36.0 Å². The van der Waals surface area contributed by atoms with Gasteiger partial charge in [0.05, 0.1) is 11.1 Å². The van der Waals surface area contributed by atoms with E-state index in [1.54, 1.807) is 0 Å². The SMILES string of the molecule is CC.Cc1cc(N)c2ccccc2[n+]1CCCCCCCCCCN. The van der Waals surface area contributed by atoms with Crippen LogP contribution in [0.1, 0.15) is 70.9 Å². The minimum atomic E-state index is 0.839. The van der Waals surface area contributed by atoms with Gasteiger partial charge in [0.25, 0.3) is 0 Å². The Morgan fingerprint density at radius 3 is 2.04 bits per heavy atom. The largest absolute Gasteiger partial charge is 0.398 e. The molecule has 140 valence electrons. The second-order valence-corrected chi connectivity index (χ2v) is 6.53. The minimum absolute atomic E-state index is 0.839. The highest BCUT2D eigenvalue weighted by atomic mass is 15.0. The first kappa shape index (κ1) is 21.4. The molecule has 0 radical (unpaired) electrons. The summed E-state index contributed by atoms with van der Waals surface area (Å²) in [6, 6.07) is 10.5. The van der Waals surface area contributed by atoms with Crippen molar-refractivity contribution in [2.45, 2.75) is 78.7 Å². The highest BCUT2D eigenvalue weighted by Gasteiger charge is 2.14. The molecule has 1 aromatic heterocycles. The third-order valence-corrected chi connectivity index (χ3v) is 4.63. The van der Waals surface area contributed by atoms with Gasteiger partial charge < -0.3 is 11.5 Å². The fraction of sp³-hybridized carbons (Fsp3) is 0.591. The summed E-state index contributed by atoms with van der Waals surface area (Å²) < 4.78 is 2.41. The molecule has 0 aliphatic heterocycles. The van der Waals surface area contributed by atoms with E-state index in [1.165, 1.54) is 62.6 Å². The average Bonchev–Trinajstić information content (AvgIpc) is 2.64. The Balaban J connectivity index is 0.00000151. The van der Waals surface area contributed by atoms with Gasteiger partial charge in [-0.2, -0.15) is 4.57 Å². The molecule has 1 aromatic carbocycles. The van der Waals surface area contributed by atoms with E-state index >= 15 is 0 Å². The topological polar surface area (TPSA) is 55.9 Å². The number of nitrogens with two attached hydrogens (primary N) is 2. The van der Waals surface area contributed by atoms with E-state index in [-0.39, 0.29) is 0 Å². The van der Waals surface area contributed by atoms with Crippen molar-refractivity contribution in [2.24, 2.45) is 5.73 Å². The number of aromatic nitrogens is 1. The molecule has 0 aliphatic rings. The molecule has 25 heavy (non-hydrogen) atoms. The number of pyridine rings is 1. The van der Waals surface area contributed by atoms with Crippen LogP contribution in [0.5, 0.6) is 0 Å². The Labute approximate surface area is 154 Å². The van der Waals surface area contributed by atoms with E-state index in [1.807, 2.05) is 13.8 Å². The Bertz CT molecular complexity index is 607. The molecule has 1 heterocycles. The number of anilines is 1. The summed E-state index contributed by atoms with van der Waals surface area (Å²) >= 11 is 0. The van der Waals surface area contributed by atoms with Crippen LogP contribution in [0.2, 0.25) is 0 Å². The van der Waals surface area contributed by atoms with E-state index in [0.717, 1.165) is 24.2 Å². The molecule has 0 atom stereocenters. The van der Waals surface area contributed by atoms with Crippen LogP contribution in [-0.4, -0.2) is 6.54 Å². The molecule has 0 aliphatic carbocycles. The number of nitrogens with zero attached hydrogens (tertiary/aromatic N) is 1. The van der Waals surface area contributed by atoms with Crippen molar-refractivity contribution in [1.29, 1.82) is 0 Å². The van der Waals surface area contributed by atoms with Gasteiger partial charge in [0.2, 0.25) is 5.52 Å². The molecular weight excluding hydrogens is 306 g/mol. The smallest absolute Gasteiger partial charge is 0.214 e. The molecule has 0 spiro atoms. The van der Waals surface area contributed by atoms with Gasteiger partial charge in [-0.1, -0.05) is 58.1 Å². The summed E-state index contributed by atoms with van der Waals surface area (Å²) in [7, 11) is 0. The second-order valence-electron chi connectivity index (χ2n) is 6.53. The molecule has 3 heteroatoms. The van der Waals surface area contributed by atoms with Crippen molar-refractivity contribution >= 4 is 16.6 Å². The molecule has 4 N–H and O–H groups in total. The number of aryl methyl sites for hydroxylation is 2. The van der Waals surface area contributed by atoms with Crippen molar-refractivity contribution in [3.63, 3.8) is 0 Å². The van der Waals surface area contributed by atoms with E-state index in [0.29, 0.717) is 0 Å². The Hall–Kier alpha value is -1.61. The summed E-state index contributed by atoms with van der Waals surface area (Å²) in [5.74, 6) is 0. The highest BCUT2D eigenvalue weighted by molar-refractivity contribution is 5.87. The van der Waals surface area contributed by atoms with Gasteiger partial charge in [0.15, 0.2) is 5.69 Å². The van der Waals surface area contributed by atoms with Gasteiger partial charge in [-0.25, -0.2) is 0 Å². The van der Waals surface area contributed by atoms with Gasteiger partial charge >= 0.3 is 0 Å². The van der Waals surface area contributed by atoms with Crippen LogP contribution < -0.4 is 16.0 Å². The number of para-hydroxylation sites is 1. The summed E-state index contributed by atoms with van der Waals surface area (Å²) in [6.07, 6.45) is 10.4. The summed E-state index contributed by atoms with van der Waals surface area (Å²) in [5.41, 5.74) is 15.1. The number of hydrogen-bond donors (Lipinski definition) is 2. The summed E-state index contributed by atoms with van der Waals surface area (Å²) in [5, 5.41) is 1.16. The first-order valence-electron chi connectivity index (χ1n) is 10.1. The Morgan fingerprint density at radius 1 is 0.840 bits per heavy atom. The van der Waals surface area contributed by atoms with E-state index in [4.69, 9.17) is 11.5 Å². The number of unbranched alkanes of at least 4 members (excludes halogenated alkanes) is 7. The molecule has 0 amide bonds. The molecular formula is C22H38N3+. The van der Waals surface area contributed by atoms with Crippen molar-refractivity contribution in [1.82, 2.24) is 0 Å². The van der Waals surface area contributed by atoms with E-state index in [9.17, 15) is 0 Å². The van der Waals surface area contributed by atoms with Crippen LogP contribution in [0.4, 0.5) is 5.69 Å². The lowest BCUT2D eigenvalue weighted by atomic mass is 10.1. The maximum Gasteiger partial charge on any atom is 0.214 e. The number of hydrogen-bond acceptors (Lipinski definition) is 2. The first-order chi connectivity index (χ1) is 12.2. The van der Waals surface area contributed by atoms with Gasteiger partial charge in [0, 0.05) is 25.5 Å². The van der Waals surface area contributed by atoms with Gasteiger partial charge in [-0.05, 0) is 25.5 Å². The zero-order valence-corrected chi connectivity index (χ0v) is 16.6. The second kappa shape index (κ2) is 12.7. The van der Waals surface area contributed by atoms with Crippen LogP contribution in [0.15, 0.2) is 30.3 Å². The fourth-order valence-electron chi connectivity index (χ4n) is 3.30. The monoisotopic (exact) mass is 344 g/mol. The van der Waals surface area contributed by atoms with E-state index < -0.39 is 0 Å². The number of benzene rings is 1. The number of rotatable bonds is 10. The average molecular weight is 345 g/mol. The molecule has 0 bridgehead atoms. The molecule has 0 saturated carbocycles. The molecule has 0 unspecified atom stereocenters. The lowest BCUT2D eigenvalue weighted by Gasteiger charge is -2.07. The van der Waals surface area contributed by atoms with Gasteiger partial charge in [-0.3, -0.25) is 0 Å². The van der Waals surface area contributed by atoms with Crippen LogP contribution in [-0.2, 0) is 6.54 Å². The zero-order valence-electron chi connectivity index (χ0n) is 16.6. The van der Waals surface area contributed by atoms with Crippen LogP contribution in [0, 0.1) is 6.92 Å². The predicted molar refractivity (Wildman–Crippen MR) is 111 cm³/mol. The number of nitrogen functional groups attached to an aromatic ring is 1. The van der Waals surface area contributed by atoms with Crippen molar-refractivity contribution in [3.8, 4) is 0 Å². The number of fused-ring (bicyclic) bond motifs is 1. The maximum atomic E-state index is 6.15. The molecule has 2 rings (SSSR count). The predicted octanol–water partition coefficient (Wildman–Crippen LogP) is 5.12. The van der Waals surface area contributed by atoms with Gasteiger partial charge in [0.1, 0.15) is 6.54 Å². The fourth-order valence-corrected chi connectivity index (χ4v) is 3.30. The summed E-state index contributed by atoms with van der Waals surface area (Å²) in [4.78, 5) is 0. The van der Waals surface area contributed by atoms with Crippen LogP contribution in [0.25, 0.3) is 10.9 Å². The first-order valence-corrected chi connectivity index (χ1v) is 10.1. The molecule has 0 fully saturated rings. The lowest BCUT2D eigenvalue weighted by molar-refractivity contribution is -0.677. The van der Waals surface area contributed by atoms with Gasteiger partial charge in [-0.15, -0.1) is 0 Å². The normalized spacial score (nSPS) is 10.6. The Morgan fingerprint density at radius 2 is 1.40 bits per heavy atom. The minimum Gasteiger partial charge on any atom is -0.398 e. The van der Waals surface area contributed by atoms with Crippen molar-refractivity contribution < 1.29 is 4.57 Å².